The van der Waals surface area contributed by atoms with E-state index in [1.807, 2.05) is 32.0 Å². The number of ether oxygens (including phenoxy) is 1. The van der Waals surface area contributed by atoms with Crippen molar-refractivity contribution in [1.29, 1.82) is 0 Å². The molecule has 0 saturated heterocycles. The summed E-state index contributed by atoms with van der Waals surface area (Å²) in [6.07, 6.45) is 2.58. The van der Waals surface area contributed by atoms with Crippen LogP contribution in [0.15, 0.2) is 71.1 Å². The van der Waals surface area contributed by atoms with Crippen molar-refractivity contribution in [3.63, 3.8) is 0 Å². The topological polar surface area (TPSA) is 116 Å². The molecule has 2 aromatic heterocycles. The van der Waals surface area contributed by atoms with E-state index in [1.165, 1.54) is 0 Å². The van der Waals surface area contributed by atoms with Gasteiger partial charge in [0.25, 0.3) is 0 Å². The number of hydrogen-bond acceptors (Lipinski definition) is 7. The van der Waals surface area contributed by atoms with Crippen LogP contribution in [0.1, 0.15) is 104 Å². The zero-order chi connectivity index (χ0) is 34.4. The standard InChI is InChI=1S/C40H44N6O3/c1-21-31-33(35-26(41-37(31)44-42-21)16-39(3,4)18-28(35)47)24-14-12-23(13-15-24)20-46-27-17-40(5,6)19-29(48)36(27)34(32-22(2)43-45-38(32)46)25-10-8-9-11-30(25)49-7/h8-15,33-34H,16-20H2,1-7H3,(H,43,45)(H2,41,42,44)/t33?,34-/m0/s1. The number of hydrogen-bond donors (Lipinski definition) is 3. The maximum atomic E-state index is 14.2. The van der Waals surface area contributed by atoms with Crippen LogP contribution in [0.25, 0.3) is 0 Å². The van der Waals surface area contributed by atoms with Crippen molar-refractivity contribution in [3.05, 3.63) is 110 Å². The third-order valence-corrected chi connectivity index (χ3v) is 10.9. The number of aromatic nitrogens is 4. The van der Waals surface area contributed by atoms with Crippen molar-refractivity contribution in [2.45, 2.75) is 85.6 Å². The highest BCUT2D eigenvalue weighted by molar-refractivity contribution is 6.02. The number of Topliss-reactive ketones (excluding diaryl/α,β-unsaturated/α-hetero) is 2. The highest BCUT2D eigenvalue weighted by Gasteiger charge is 2.46. The van der Waals surface area contributed by atoms with E-state index in [4.69, 9.17) is 9.84 Å². The molecule has 2 aliphatic carbocycles. The molecular weight excluding hydrogens is 612 g/mol. The molecule has 8 rings (SSSR count). The summed E-state index contributed by atoms with van der Waals surface area (Å²) < 4.78 is 5.83. The average molecular weight is 657 g/mol. The summed E-state index contributed by atoms with van der Waals surface area (Å²) in [6.45, 7) is 13.3. The van der Waals surface area contributed by atoms with Gasteiger partial charge in [0, 0.05) is 81.8 Å². The number of anilines is 2. The molecule has 0 fully saturated rings. The van der Waals surface area contributed by atoms with Crippen LogP contribution in [0.5, 0.6) is 5.75 Å². The van der Waals surface area contributed by atoms with Crippen LogP contribution in [-0.4, -0.2) is 39.1 Å². The highest BCUT2D eigenvalue weighted by atomic mass is 16.5. The van der Waals surface area contributed by atoms with Crippen molar-refractivity contribution in [2.24, 2.45) is 10.8 Å². The van der Waals surface area contributed by atoms with Crippen LogP contribution in [0.3, 0.4) is 0 Å². The number of nitrogens with zero attached hydrogens (tertiary/aromatic N) is 3. The van der Waals surface area contributed by atoms with Gasteiger partial charge < -0.3 is 15.0 Å². The molecule has 9 nitrogen and oxygen atoms in total. The van der Waals surface area contributed by atoms with Crippen LogP contribution in [-0.2, 0) is 16.1 Å². The zero-order valence-corrected chi connectivity index (χ0v) is 29.4. The number of aromatic amines is 2. The van der Waals surface area contributed by atoms with E-state index in [1.54, 1.807) is 7.11 Å². The predicted molar refractivity (Wildman–Crippen MR) is 190 cm³/mol. The van der Waals surface area contributed by atoms with E-state index in [2.05, 4.69) is 83.5 Å². The van der Waals surface area contributed by atoms with Gasteiger partial charge in [0.15, 0.2) is 23.2 Å². The Labute approximate surface area is 287 Å². The number of nitrogens with one attached hydrogen (secondary N) is 3. The Hall–Kier alpha value is -4.92. The molecule has 3 N–H and O–H groups in total. The number of allylic oxidation sites excluding steroid dienone is 4. The van der Waals surface area contributed by atoms with Gasteiger partial charge in [-0.2, -0.15) is 10.2 Å². The number of methoxy groups -OCH3 is 1. The molecular formula is C40H44N6O3. The third-order valence-electron chi connectivity index (χ3n) is 10.9. The first kappa shape index (κ1) is 31.4. The summed E-state index contributed by atoms with van der Waals surface area (Å²) >= 11 is 0. The van der Waals surface area contributed by atoms with Gasteiger partial charge in [0.2, 0.25) is 0 Å². The van der Waals surface area contributed by atoms with Crippen molar-refractivity contribution < 1.29 is 14.3 Å². The smallest absolute Gasteiger partial charge is 0.162 e. The van der Waals surface area contributed by atoms with E-state index in [-0.39, 0.29) is 34.2 Å². The van der Waals surface area contributed by atoms with Gasteiger partial charge >= 0.3 is 0 Å². The van der Waals surface area contributed by atoms with Crippen LogP contribution < -0.4 is 15.0 Å². The molecule has 2 atom stereocenters. The summed E-state index contributed by atoms with van der Waals surface area (Å²) in [7, 11) is 1.68. The van der Waals surface area contributed by atoms with Crippen LogP contribution in [0.4, 0.5) is 11.6 Å². The minimum absolute atomic E-state index is 0.106. The first-order chi connectivity index (χ1) is 23.4. The summed E-state index contributed by atoms with van der Waals surface area (Å²) in [6, 6.07) is 16.6. The molecule has 2 aromatic carbocycles. The second-order valence-electron chi connectivity index (χ2n) is 15.9. The summed E-state index contributed by atoms with van der Waals surface area (Å²) in [5.74, 6) is 2.33. The molecule has 252 valence electrons. The lowest BCUT2D eigenvalue weighted by Gasteiger charge is -2.43. The van der Waals surface area contributed by atoms with E-state index in [9.17, 15) is 9.59 Å². The Balaban J connectivity index is 1.21. The molecule has 0 amide bonds. The number of benzene rings is 2. The fraction of sp³-hybridized carbons (Fsp3) is 0.400. The molecule has 49 heavy (non-hydrogen) atoms. The Kier molecular flexibility index (Phi) is 7.07. The van der Waals surface area contributed by atoms with Crippen molar-refractivity contribution in [3.8, 4) is 5.75 Å². The van der Waals surface area contributed by atoms with Gasteiger partial charge in [0.1, 0.15) is 5.75 Å². The van der Waals surface area contributed by atoms with E-state index < -0.39 is 0 Å². The first-order valence-corrected chi connectivity index (χ1v) is 17.2. The second-order valence-corrected chi connectivity index (χ2v) is 15.9. The van der Waals surface area contributed by atoms with Gasteiger partial charge in [-0.25, -0.2) is 0 Å². The molecule has 0 spiro atoms. The molecule has 4 heterocycles. The van der Waals surface area contributed by atoms with Gasteiger partial charge in [-0.05, 0) is 54.7 Å². The second kappa shape index (κ2) is 11.1. The van der Waals surface area contributed by atoms with Crippen LogP contribution in [0, 0.1) is 24.7 Å². The summed E-state index contributed by atoms with van der Waals surface area (Å²) in [5, 5.41) is 19.3. The number of rotatable bonds is 5. The SMILES string of the molecule is COc1ccccc1[C@@H]1C2=C(CC(C)(C)CC2=O)N(Cc2ccc(C3C4=C(CC(C)(C)CC4=O)Nc4n[nH]c(C)c43)cc2)c2n[nH]c(C)c21. The van der Waals surface area contributed by atoms with Crippen molar-refractivity contribution >= 4 is 23.2 Å². The maximum Gasteiger partial charge on any atom is 0.162 e. The number of carbonyl (C=O) groups excluding carboxylic acids is 2. The number of carbonyl (C=O) groups is 2. The minimum Gasteiger partial charge on any atom is -0.496 e. The Morgan fingerprint density at radius 3 is 2.18 bits per heavy atom. The fourth-order valence-corrected chi connectivity index (χ4v) is 8.79. The lowest BCUT2D eigenvalue weighted by atomic mass is 9.68. The van der Waals surface area contributed by atoms with Gasteiger partial charge in [-0.3, -0.25) is 19.8 Å². The molecule has 0 bridgehead atoms. The number of H-pyrrole nitrogens is 2. The molecule has 1 unspecified atom stereocenters. The fourth-order valence-electron chi connectivity index (χ4n) is 8.79. The summed E-state index contributed by atoms with van der Waals surface area (Å²) in [5.41, 5.74) is 10.5. The van der Waals surface area contributed by atoms with E-state index in [0.717, 1.165) is 92.0 Å². The first-order valence-electron chi connectivity index (χ1n) is 17.2. The van der Waals surface area contributed by atoms with Crippen LogP contribution >= 0.6 is 0 Å². The monoisotopic (exact) mass is 656 g/mol. The van der Waals surface area contributed by atoms with Gasteiger partial charge in [-0.1, -0.05) is 70.2 Å². The largest absolute Gasteiger partial charge is 0.496 e. The lowest BCUT2D eigenvalue weighted by Crippen LogP contribution is -2.39. The van der Waals surface area contributed by atoms with E-state index in [0.29, 0.717) is 19.4 Å². The van der Waals surface area contributed by atoms with Crippen molar-refractivity contribution in [2.75, 3.05) is 17.3 Å². The molecule has 2 aliphatic heterocycles. The molecule has 9 heteroatoms. The van der Waals surface area contributed by atoms with E-state index >= 15 is 0 Å². The predicted octanol–water partition coefficient (Wildman–Crippen LogP) is 7.75. The Morgan fingerprint density at radius 2 is 1.45 bits per heavy atom. The molecule has 0 radical (unpaired) electrons. The lowest BCUT2D eigenvalue weighted by molar-refractivity contribution is -0.119. The number of fused-ring (bicyclic) bond motifs is 2. The van der Waals surface area contributed by atoms with Crippen LogP contribution in [0.2, 0.25) is 0 Å². The third kappa shape index (κ3) is 5.04. The zero-order valence-electron chi connectivity index (χ0n) is 29.4. The maximum absolute atomic E-state index is 14.2. The molecule has 4 aromatic rings. The summed E-state index contributed by atoms with van der Waals surface area (Å²) in [4.78, 5) is 30.1. The quantitative estimate of drug-likeness (QED) is 0.201. The normalized spacial score (nSPS) is 22.3. The number of para-hydroxylation sites is 1. The van der Waals surface area contributed by atoms with Gasteiger partial charge in [-0.15, -0.1) is 0 Å². The number of aryl methyl sites for hydroxylation is 2. The average Bonchev–Trinajstić information content (AvgIpc) is 3.61. The molecule has 0 saturated carbocycles. The highest BCUT2D eigenvalue weighted by Crippen LogP contribution is 2.54. The number of ketones is 2. The van der Waals surface area contributed by atoms with Gasteiger partial charge in [0.05, 0.1) is 7.11 Å². The minimum atomic E-state index is -0.269. The van der Waals surface area contributed by atoms with Crippen molar-refractivity contribution in [1.82, 2.24) is 20.4 Å². The Morgan fingerprint density at radius 1 is 0.796 bits per heavy atom. The Bertz CT molecular complexity index is 2090. The molecule has 4 aliphatic rings.